The Morgan fingerprint density at radius 1 is 0.848 bits per heavy atom. The van der Waals surface area contributed by atoms with E-state index in [1.165, 1.54) is 12.8 Å². The highest BCUT2D eigenvalue weighted by Crippen LogP contribution is 2.29. The van der Waals surface area contributed by atoms with Crippen molar-refractivity contribution in [3.05, 3.63) is 59.7 Å². The van der Waals surface area contributed by atoms with Crippen molar-refractivity contribution in [2.24, 2.45) is 0 Å². The maximum absolute atomic E-state index is 13.6. The van der Waals surface area contributed by atoms with Crippen molar-refractivity contribution in [3.63, 3.8) is 0 Å². The summed E-state index contributed by atoms with van der Waals surface area (Å²) in [4.78, 5) is 33.0. The Balaban J connectivity index is 1.56. The van der Waals surface area contributed by atoms with Crippen LogP contribution in [0.5, 0.6) is 0 Å². The van der Waals surface area contributed by atoms with Crippen LogP contribution in [-0.2, 0) is 0 Å². The van der Waals surface area contributed by atoms with E-state index in [4.69, 9.17) is 0 Å². The lowest BCUT2D eigenvalue weighted by atomic mass is 10.1. The second-order valence-corrected chi connectivity index (χ2v) is 9.09. The van der Waals surface area contributed by atoms with Gasteiger partial charge in [-0.3, -0.25) is 14.5 Å². The number of carbonyl (C=O) groups excluding carboxylic acids is 2. The van der Waals surface area contributed by atoms with Crippen LogP contribution in [0.2, 0.25) is 0 Å². The van der Waals surface area contributed by atoms with E-state index in [2.05, 4.69) is 22.0 Å². The molecule has 4 rings (SSSR count). The van der Waals surface area contributed by atoms with Crippen LogP contribution < -0.4 is 10.2 Å². The van der Waals surface area contributed by atoms with Gasteiger partial charge in [-0.05, 0) is 56.1 Å². The van der Waals surface area contributed by atoms with E-state index in [1.54, 1.807) is 12.1 Å². The molecule has 6 nitrogen and oxygen atoms in total. The summed E-state index contributed by atoms with van der Waals surface area (Å²) in [5.74, 6) is -0.0325. The smallest absolute Gasteiger partial charge is 0.256 e. The first-order valence-corrected chi connectivity index (χ1v) is 12.4. The summed E-state index contributed by atoms with van der Waals surface area (Å²) in [7, 11) is 0. The molecule has 0 unspecified atom stereocenters. The largest absolute Gasteiger partial charge is 0.371 e. The van der Waals surface area contributed by atoms with Crippen LogP contribution in [0.1, 0.15) is 59.7 Å². The highest BCUT2D eigenvalue weighted by Gasteiger charge is 2.26. The SMILES string of the molecule is CCCN1CCN(C(=O)c2ccc(NC(=O)c3ccccc3)cc2N2CCCCCC2)CC1. The molecular weight excluding hydrogens is 412 g/mol. The lowest BCUT2D eigenvalue weighted by Gasteiger charge is -2.35. The molecule has 0 aromatic heterocycles. The van der Waals surface area contributed by atoms with Crippen molar-refractivity contribution in [2.75, 3.05) is 56.0 Å². The standard InChI is InChI=1S/C27H36N4O2/c1-2-14-29-17-19-31(20-18-29)27(33)24-13-12-23(28-26(32)22-10-6-5-7-11-22)21-25(24)30-15-8-3-4-9-16-30/h5-7,10-13,21H,2-4,8-9,14-20H2,1H3,(H,28,32). The number of piperazine rings is 1. The lowest BCUT2D eigenvalue weighted by Crippen LogP contribution is -2.49. The van der Waals surface area contributed by atoms with Gasteiger partial charge in [0.1, 0.15) is 0 Å². The van der Waals surface area contributed by atoms with E-state index < -0.39 is 0 Å². The van der Waals surface area contributed by atoms with E-state index in [-0.39, 0.29) is 11.8 Å². The number of nitrogens with zero attached hydrogens (tertiary/aromatic N) is 3. The maximum Gasteiger partial charge on any atom is 0.256 e. The molecule has 176 valence electrons. The summed E-state index contributed by atoms with van der Waals surface area (Å²) in [6.07, 6.45) is 5.85. The van der Waals surface area contributed by atoms with Crippen LogP contribution in [0.15, 0.2) is 48.5 Å². The highest BCUT2D eigenvalue weighted by molar-refractivity contribution is 6.06. The molecule has 0 saturated carbocycles. The third-order valence-corrected chi connectivity index (χ3v) is 6.67. The Labute approximate surface area is 197 Å². The molecule has 2 heterocycles. The fourth-order valence-electron chi connectivity index (χ4n) is 4.82. The molecule has 0 bridgehead atoms. The predicted molar refractivity (Wildman–Crippen MR) is 134 cm³/mol. The minimum absolute atomic E-state index is 0.103. The van der Waals surface area contributed by atoms with Crippen LogP contribution in [0.4, 0.5) is 11.4 Å². The Kier molecular flexibility index (Phi) is 8.00. The minimum Gasteiger partial charge on any atom is -0.371 e. The van der Waals surface area contributed by atoms with Crippen molar-refractivity contribution >= 4 is 23.2 Å². The Hall–Kier alpha value is -2.86. The fraction of sp³-hybridized carbons (Fsp3) is 0.481. The van der Waals surface area contributed by atoms with Crippen LogP contribution in [0, 0.1) is 0 Å². The third kappa shape index (κ3) is 5.93. The molecule has 2 amide bonds. The van der Waals surface area contributed by atoms with E-state index in [9.17, 15) is 9.59 Å². The molecule has 1 N–H and O–H groups in total. The molecule has 2 aliphatic heterocycles. The van der Waals surface area contributed by atoms with Gasteiger partial charge in [0.15, 0.2) is 0 Å². The second kappa shape index (κ2) is 11.3. The summed E-state index contributed by atoms with van der Waals surface area (Å²) in [6.45, 7) is 8.59. The summed E-state index contributed by atoms with van der Waals surface area (Å²) >= 11 is 0. The first-order chi connectivity index (χ1) is 16.2. The average Bonchev–Trinajstić information content (AvgIpc) is 3.14. The molecule has 0 aliphatic carbocycles. The molecule has 2 aromatic carbocycles. The van der Waals surface area contributed by atoms with Gasteiger partial charge in [-0.1, -0.05) is 38.0 Å². The van der Waals surface area contributed by atoms with Crippen molar-refractivity contribution in [1.82, 2.24) is 9.80 Å². The Bertz CT molecular complexity index is 930. The average molecular weight is 449 g/mol. The van der Waals surface area contributed by atoms with Crippen LogP contribution in [0.3, 0.4) is 0 Å². The summed E-state index contributed by atoms with van der Waals surface area (Å²) in [6, 6.07) is 15.0. The fourth-order valence-corrected chi connectivity index (χ4v) is 4.82. The van der Waals surface area contributed by atoms with Crippen molar-refractivity contribution in [1.29, 1.82) is 0 Å². The zero-order valence-corrected chi connectivity index (χ0v) is 19.8. The van der Waals surface area contributed by atoms with Gasteiger partial charge < -0.3 is 15.1 Å². The number of nitrogens with one attached hydrogen (secondary N) is 1. The molecule has 0 atom stereocenters. The van der Waals surface area contributed by atoms with Crippen molar-refractivity contribution < 1.29 is 9.59 Å². The number of anilines is 2. The molecule has 2 aromatic rings. The predicted octanol–water partition coefficient (Wildman–Crippen LogP) is 4.49. The molecule has 2 saturated heterocycles. The Morgan fingerprint density at radius 3 is 2.21 bits per heavy atom. The van der Waals surface area contributed by atoms with Crippen molar-refractivity contribution in [3.8, 4) is 0 Å². The molecule has 6 heteroatoms. The van der Waals surface area contributed by atoms with E-state index in [1.807, 2.05) is 41.3 Å². The second-order valence-electron chi connectivity index (χ2n) is 9.09. The maximum atomic E-state index is 13.6. The molecule has 33 heavy (non-hydrogen) atoms. The molecule has 0 spiro atoms. The third-order valence-electron chi connectivity index (χ3n) is 6.67. The van der Waals surface area contributed by atoms with Gasteiger partial charge in [0, 0.05) is 50.5 Å². The van der Waals surface area contributed by atoms with Gasteiger partial charge in [0.25, 0.3) is 11.8 Å². The van der Waals surface area contributed by atoms with Crippen LogP contribution in [-0.4, -0.2) is 67.4 Å². The van der Waals surface area contributed by atoms with Crippen molar-refractivity contribution in [2.45, 2.75) is 39.0 Å². The van der Waals surface area contributed by atoms with Crippen LogP contribution in [0.25, 0.3) is 0 Å². The quantitative estimate of drug-likeness (QED) is 0.708. The summed E-state index contributed by atoms with van der Waals surface area (Å²) < 4.78 is 0. The molecule has 2 aliphatic rings. The van der Waals surface area contributed by atoms with E-state index in [0.717, 1.165) is 82.0 Å². The first-order valence-electron chi connectivity index (χ1n) is 12.4. The number of hydrogen-bond donors (Lipinski definition) is 1. The summed E-state index contributed by atoms with van der Waals surface area (Å²) in [5, 5.41) is 3.02. The zero-order chi connectivity index (χ0) is 23.0. The molecular formula is C27H36N4O2. The normalized spacial score (nSPS) is 17.5. The number of benzene rings is 2. The van der Waals surface area contributed by atoms with Gasteiger partial charge in [-0.15, -0.1) is 0 Å². The topological polar surface area (TPSA) is 55.9 Å². The number of amides is 2. The van der Waals surface area contributed by atoms with Gasteiger partial charge in [0.05, 0.1) is 11.3 Å². The number of rotatable bonds is 6. The van der Waals surface area contributed by atoms with Gasteiger partial charge in [-0.25, -0.2) is 0 Å². The highest BCUT2D eigenvalue weighted by atomic mass is 16.2. The molecule has 0 radical (unpaired) electrons. The number of carbonyl (C=O) groups is 2. The van der Waals surface area contributed by atoms with Gasteiger partial charge in [0.2, 0.25) is 0 Å². The lowest BCUT2D eigenvalue weighted by molar-refractivity contribution is 0.0638. The summed E-state index contributed by atoms with van der Waals surface area (Å²) in [5.41, 5.74) is 3.05. The van der Waals surface area contributed by atoms with E-state index in [0.29, 0.717) is 5.56 Å². The number of hydrogen-bond acceptors (Lipinski definition) is 4. The zero-order valence-electron chi connectivity index (χ0n) is 19.8. The monoisotopic (exact) mass is 448 g/mol. The van der Waals surface area contributed by atoms with Gasteiger partial charge in [-0.2, -0.15) is 0 Å². The van der Waals surface area contributed by atoms with E-state index >= 15 is 0 Å². The van der Waals surface area contributed by atoms with Gasteiger partial charge >= 0.3 is 0 Å². The molecule has 2 fully saturated rings. The Morgan fingerprint density at radius 2 is 1.55 bits per heavy atom. The van der Waals surface area contributed by atoms with Crippen LogP contribution >= 0.6 is 0 Å². The first kappa shape index (κ1) is 23.3. The minimum atomic E-state index is -0.136.